The van der Waals surface area contributed by atoms with Crippen LogP contribution in [0.15, 0.2) is 85.5 Å². The normalized spacial score (nSPS) is 11.1. The van der Waals surface area contributed by atoms with Gasteiger partial charge in [0.15, 0.2) is 23.2 Å². The molecule has 0 aliphatic heterocycles. The van der Waals surface area contributed by atoms with Crippen LogP contribution in [0, 0.1) is 23.3 Å². The van der Waals surface area contributed by atoms with E-state index in [9.17, 15) is 17.6 Å². The van der Waals surface area contributed by atoms with Gasteiger partial charge in [0.05, 0.1) is 6.61 Å². The Morgan fingerprint density at radius 3 is 1.86 bits per heavy atom. The molecule has 0 spiro atoms. The highest BCUT2D eigenvalue weighted by Crippen LogP contribution is 2.31. The summed E-state index contributed by atoms with van der Waals surface area (Å²) < 4.78 is 68.9. The fourth-order valence-corrected chi connectivity index (χ4v) is 3.79. The van der Waals surface area contributed by atoms with E-state index in [0.29, 0.717) is 29.0 Å². The summed E-state index contributed by atoms with van der Waals surface area (Å²) >= 11 is 0. The van der Waals surface area contributed by atoms with Gasteiger partial charge in [-0.15, -0.1) is 0 Å². The average Bonchev–Trinajstić information content (AvgIpc) is 2.92. The Labute approximate surface area is 213 Å². The van der Waals surface area contributed by atoms with Crippen LogP contribution in [-0.4, -0.2) is 13.2 Å². The lowest BCUT2D eigenvalue weighted by molar-refractivity contribution is 0.333. The summed E-state index contributed by atoms with van der Waals surface area (Å²) in [5.74, 6) is -3.54. The number of ether oxygens (including phenoxy) is 2. The van der Waals surface area contributed by atoms with Crippen molar-refractivity contribution < 1.29 is 27.0 Å². The quantitative estimate of drug-likeness (QED) is 0.129. The standard InChI is InChI=1S/C31H24F4O2/c1-3-19-37-27-18-17-26(30(34)31(27)35)21-8-5-20(6-9-21)7-10-23-13-16-25(29(33)28(23)32)22-11-14-24(15-12-22)36-4-2/h3,5-18H,1,4,19H2,2H3/b10-7+. The van der Waals surface area contributed by atoms with Crippen molar-refractivity contribution in [2.45, 2.75) is 6.92 Å². The minimum atomic E-state index is -1.07. The molecular weight excluding hydrogens is 480 g/mol. The fourth-order valence-electron chi connectivity index (χ4n) is 3.79. The number of halogens is 4. The molecule has 0 heterocycles. The van der Waals surface area contributed by atoms with Crippen molar-refractivity contribution in [1.29, 1.82) is 0 Å². The lowest BCUT2D eigenvalue weighted by Crippen LogP contribution is -1.99. The van der Waals surface area contributed by atoms with Gasteiger partial charge in [0.1, 0.15) is 12.4 Å². The van der Waals surface area contributed by atoms with Crippen LogP contribution in [0.4, 0.5) is 17.6 Å². The molecule has 4 aromatic carbocycles. The maximum atomic E-state index is 14.8. The van der Waals surface area contributed by atoms with E-state index in [1.54, 1.807) is 54.6 Å². The molecule has 0 aliphatic carbocycles. The van der Waals surface area contributed by atoms with E-state index in [0.717, 1.165) is 0 Å². The lowest BCUT2D eigenvalue weighted by Gasteiger charge is -2.09. The minimum absolute atomic E-state index is 0.0610. The van der Waals surface area contributed by atoms with E-state index in [1.165, 1.54) is 36.4 Å². The Bertz CT molecular complexity index is 1430. The highest BCUT2D eigenvalue weighted by Gasteiger charge is 2.16. The summed E-state index contributed by atoms with van der Waals surface area (Å²) in [7, 11) is 0. The summed E-state index contributed by atoms with van der Waals surface area (Å²) in [5.41, 5.74) is 1.98. The minimum Gasteiger partial charge on any atom is -0.494 e. The van der Waals surface area contributed by atoms with E-state index < -0.39 is 23.3 Å². The van der Waals surface area contributed by atoms with Crippen LogP contribution in [0.25, 0.3) is 34.4 Å². The molecule has 2 nitrogen and oxygen atoms in total. The predicted molar refractivity (Wildman–Crippen MR) is 139 cm³/mol. The second-order valence-electron chi connectivity index (χ2n) is 8.08. The number of rotatable bonds is 9. The molecule has 0 aliphatic rings. The smallest absolute Gasteiger partial charge is 0.201 e. The number of hydrogen-bond acceptors (Lipinski definition) is 2. The molecule has 0 radical (unpaired) electrons. The van der Waals surface area contributed by atoms with Gasteiger partial charge in [-0.25, -0.2) is 13.2 Å². The van der Waals surface area contributed by atoms with Crippen LogP contribution in [0.5, 0.6) is 11.5 Å². The molecule has 0 saturated carbocycles. The van der Waals surface area contributed by atoms with Crippen molar-refractivity contribution in [3.8, 4) is 33.8 Å². The molecule has 0 aromatic heterocycles. The van der Waals surface area contributed by atoms with E-state index in [-0.39, 0.29) is 29.0 Å². The maximum Gasteiger partial charge on any atom is 0.201 e. The average molecular weight is 505 g/mol. The van der Waals surface area contributed by atoms with Crippen LogP contribution in [0.3, 0.4) is 0 Å². The second kappa shape index (κ2) is 11.6. The molecule has 0 saturated heterocycles. The number of hydrogen-bond donors (Lipinski definition) is 0. The van der Waals surface area contributed by atoms with Crippen LogP contribution in [-0.2, 0) is 0 Å². The summed E-state index contributed by atoms with van der Waals surface area (Å²) in [4.78, 5) is 0. The van der Waals surface area contributed by atoms with Crippen molar-refractivity contribution >= 4 is 12.2 Å². The van der Waals surface area contributed by atoms with Crippen LogP contribution in [0.1, 0.15) is 18.1 Å². The van der Waals surface area contributed by atoms with Crippen LogP contribution >= 0.6 is 0 Å². The van der Waals surface area contributed by atoms with Gasteiger partial charge in [-0.3, -0.25) is 0 Å². The molecule has 6 heteroatoms. The molecule has 0 amide bonds. The van der Waals surface area contributed by atoms with Gasteiger partial charge in [0.25, 0.3) is 0 Å². The van der Waals surface area contributed by atoms with E-state index in [4.69, 9.17) is 9.47 Å². The zero-order valence-corrected chi connectivity index (χ0v) is 20.1. The maximum absolute atomic E-state index is 14.8. The predicted octanol–water partition coefficient (Wildman–Crippen LogP) is 8.71. The Morgan fingerprint density at radius 1 is 0.649 bits per heavy atom. The van der Waals surface area contributed by atoms with E-state index in [1.807, 2.05) is 6.92 Å². The topological polar surface area (TPSA) is 18.5 Å². The Kier molecular flexibility index (Phi) is 8.08. The van der Waals surface area contributed by atoms with Crippen molar-refractivity contribution in [1.82, 2.24) is 0 Å². The SMILES string of the molecule is C=CCOc1ccc(-c2ccc(/C=C/c3ccc(-c4ccc(OCC)cc4)c(F)c3F)cc2)c(F)c1F. The summed E-state index contributed by atoms with van der Waals surface area (Å²) in [6.07, 6.45) is 4.51. The third-order valence-electron chi connectivity index (χ3n) is 5.67. The highest BCUT2D eigenvalue weighted by molar-refractivity contribution is 5.74. The third-order valence-corrected chi connectivity index (χ3v) is 5.67. The third kappa shape index (κ3) is 5.75. The molecular formula is C31H24F4O2. The molecule has 37 heavy (non-hydrogen) atoms. The Hall–Kier alpha value is -4.32. The first kappa shape index (κ1) is 25.8. The first-order valence-electron chi connectivity index (χ1n) is 11.6. The monoisotopic (exact) mass is 504 g/mol. The molecule has 0 unspecified atom stereocenters. The van der Waals surface area contributed by atoms with Crippen molar-refractivity contribution in [3.63, 3.8) is 0 Å². The lowest BCUT2D eigenvalue weighted by atomic mass is 10.0. The first-order chi connectivity index (χ1) is 17.9. The van der Waals surface area contributed by atoms with Crippen LogP contribution in [0.2, 0.25) is 0 Å². The Balaban J connectivity index is 1.52. The number of benzene rings is 4. The summed E-state index contributed by atoms with van der Waals surface area (Å²) in [6.45, 7) is 5.92. The first-order valence-corrected chi connectivity index (χ1v) is 11.6. The van der Waals surface area contributed by atoms with E-state index >= 15 is 0 Å². The van der Waals surface area contributed by atoms with Crippen molar-refractivity contribution in [2.24, 2.45) is 0 Å². The molecule has 4 rings (SSSR count). The van der Waals surface area contributed by atoms with Crippen LogP contribution < -0.4 is 9.47 Å². The molecule has 4 aromatic rings. The largest absolute Gasteiger partial charge is 0.494 e. The van der Waals surface area contributed by atoms with Gasteiger partial charge in [-0.2, -0.15) is 4.39 Å². The van der Waals surface area contributed by atoms with Crippen molar-refractivity contribution in [2.75, 3.05) is 13.2 Å². The molecule has 0 bridgehead atoms. The van der Waals surface area contributed by atoms with E-state index in [2.05, 4.69) is 6.58 Å². The molecule has 188 valence electrons. The fraction of sp³-hybridized carbons (Fsp3) is 0.0968. The highest BCUT2D eigenvalue weighted by atomic mass is 19.2. The van der Waals surface area contributed by atoms with Gasteiger partial charge >= 0.3 is 0 Å². The zero-order valence-electron chi connectivity index (χ0n) is 20.1. The van der Waals surface area contributed by atoms with Gasteiger partial charge < -0.3 is 9.47 Å². The second-order valence-corrected chi connectivity index (χ2v) is 8.08. The summed E-state index contributed by atoms with van der Waals surface area (Å²) in [5, 5.41) is 0. The van der Waals surface area contributed by atoms with Crippen molar-refractivity contribution in [3.05, 3.63) is 120 Å². The summed E-state index contributed by atoms with van der Waals surface area (Å²) in [6, 6.07) is 19.2. The molecule has 0 N–H and O–H groups in total. The zero-order chi connectivity index (χ0) is 26.4. The van der Waals surface area contributed by atoms with Gasteiger partial charge in [0.2, 0.25) is 5.82 Å². The van der Waals surface area contributed by atoms with Gasteiger partial charge in [0, 0.05) is 16.7 Å². The Morgan fingerprint density at radius 2 is 1.24 bits per heavy atom. The molecule has 0 fully saturated rings. The van der Waals surface area contributed by atoms with Gasteiger partial charge in [-0.05, 0) is 47.9 Å². The molecule has 0 atom stereocenters. The van der Waals surface area contributed by atoms with Gasteiger partial charge in [-0.1, -0.05) is 73.3 Å².